The van der Waals surface area contributed by atoms with Gasteiger partial charge in [0.1, 0.15) is 11.7 Å². The quantitative estimate of drug-likeness (QED) is 0.307. The molecule has 0 N–H and O–H groups in total. The van der Waals surface area contributed by atoms with Gasteiger partial charge in [0.2, 0.25) is 0 Å². The van der Waals surface area contributed by atoms with Crippen molar-refractivity contribution in [3.63, 3.8) is 0 Å². The van der Waals surface area contributed by atoms with Gasteiger partial charge in [-0.2, -0.15) is 5.26 Å². The topological polar surface area (TPSA) is 41.1 Å². The number of nitriles is 1. The van der Waals surface area contributed by atoms with Gasteiger partial charge < -0.3 is 0 Å². The Balaban J connectivity index is 2.15. The fourth-order valence-corrected chi connectivity index (χ4v) is 3.36. The highest BCUT2D eigenvalue weighted by molar-refractivity contribution is 6.14. The van der Waals surface area contributed by atoms with Crippen LogP contribution in [0.25, 0.3) is 38.1 Å². The summed E-state index contributed by atoms with van der Waals surface area (Å²) in [5.41, 5.74) is 2.35. The van der Waals surface area contributed by atoms with Gasteiger partial charge in [0.05, 0.1) is 5.52 Å². The third-order valence-electron chi connectivity index (χ3n) is 4.40. The van der Waals surface area contributed by atoms with Crippen molar-refractivity contribution in [2.24, 2.45) is 0 Å². The van der Waals surface area contributed by atoms with Crippen molar-refractivity contribution >= 4 is 38.1 Å². The highest BCUT2D eigenvalue weighted by atomic mass is 15.0. The molecular formula is C20H11N3. The van der Waals surface area contributed by atoms with Gasteiger partial charge in [0.25, 0.3) is 0 Å². The molecule has 5 aromatic rings. The van der Waals surface area contributed by atoms with Crippen molar-refractivity contribution in [3.8, 4) is 6.07 Å². The second kappa shape index (κ2) is 4.31. The number of pyridine rings is 1. The summed E-state index contributed by atoms with van der Waals surface area (Å²) in [4.78, 5) is 4.49. The molecule has 0 radical (unpaired) electrons. The monoisotopic (exact) mass is 293 g/mol. The minimum atomic E-state index is 0.441. The van der Waals surface area contributed by atoms with Crippen molar-refractivity contribution in [3.05, 3.63) is 72.6 Å². The molecule has 0 fully saturated rings. The maximum absolute atomic E-state index is 9.23. The van der Waals surface area contributed by atoms with Gasteiger partial charge in [-0.1, -0.05) is 48.5 Å². The Morgan fingerprint density at radius 2 is 1.52 bits per heavy atom. The molecule has 0 aliphatic heterocycles. The number of hydrogen-bond donors (Lipinski definition) is 0. The fraction of sp³-hybridized carbons (Fsp3) is 0. The minimum absolute atomic E-state index is 0.441. The predicted molar refractivity (Wildman–Crippen MR) is 92.4 cm³/mol. The highest BCUT2D eigenvalue weighted by Crippen LogP contribution is 2.32. The lowest BCUT2D eigenvalue weighted by atomic mass is 10.0. The maximum atomic E-state index is 9.23. The van der Waals surface area contributed by atoms with Crippen molar-refractivity contribution in [2.75, 3.05) is 0 Å². The molecule has 5 rings (SSSR count). The molecule has 23 heavy (non-hydrogen) atoms. The Morgan fingerprint density at radius 3 is 2.30 bits per heavy atom. The van der Waals surface area contributed by atoms with Crippen LogP contribution in [-0.4, -0.2) is 9.38 Å². The van der Waals surface area contributed by atoms with Crippen LogP contribution in [0.2, 0.25) is 0 Å². The van der Waals surface area contributed by atoms with E-state index in [1.165, 1.54) is 16.2 Å². The smallest absolute Gasteiger partial charge is 0.159 e. The summed E-state index contributed by atoms with van der Waals surface area (Å²) in [6, 6.07) is 23.1. The summed E-state index contributed by atoms with van der Waals surface area (Å²) >= 11 is 0. The lowest BCUT2D eigenvalue weighted by molar-refractivity contribution is 1.27. The van der Waals surface area contributed by atoms with Crippen molar-refractivity contribution in [1.82, 2.24) is 9.38 Å². The Labute approximate surface area is 132 Å². The van der Waals surface area contributed by atoms with E-state index in [2.05, 4.69) is 53.5 Å². The highest BCUT2D eigenvalue weighted by Gasteiger charge is 2.12. The number of benzene rings is 3. The van der Waals surface area contributed by atoms with E-state index in [9.17, 15) is 5.26 Å². The van der Waals surface area contributed by atoms with Gasteiger partial charge in [-0.15, -0.1) is 0 Å². The molecule has 0 atom stereocenters. The van der Waals surface area contributed by atoms with Crippen LogP contribution < -0.4 is 0 Å². The van der Waals surface area contributed by atoms with Gasteiger partial charge in [-0.05, 0) is 28.3 Å². The van der Waals surface area contributed by atoms with Crippen LogP contribution in [0.1, 0.15) is 5.69 Å². The van der Waals surface area contributed by atoms with E-state index < -0.39 is 0 Å². The molecule has 3 heteroatoms. The molecule has 3 aromatic carbocycles. The summed E-state index contributed by atoms with van der Waals surface area (Å²) in [5.74, 6) is 0. The third kappa shape index (κ3) is 1.60. The first kappa shape index (κ1) is 12.2. The van der Waals surface area contributed by atoms with Crippen LogP contribution in [0, 0.1) is 11.3 Å². The molecule has 2 aromatic heterocycles. The van der Waals surface area contributed by atoms with E-state index in [1.807, 2.05) is 28.8 Å². The van der Waals surface area contributed by atoms with Crippen molar-refractivity contribution in [2.45, 2.75) is 0 Å². The molecule has 106 valence electrons. The Hall–Kier alpha value is -3.38. The van der Waals surface area contributed by atoms with Gasteiger partial charge in [-0.25, -0.2) is 4.98 Å². The number of hydrogen-bond acceptors (Lipinski definition) is 2. The summed E-state index contributed by atoms with van der Waals surface area (Å²) in [7, 11) is 0. The first-order chi connectivity index (χ1) is 11.3. The van der Waals surface area contributed by atoms with Crippen LogP contribution in [-0.2, 0) is 0 Å². The molecule has 0 unspecified atom stereocenters. The zero-order valence-corrected chi connectivity index (χ0v) is 12.2. The zero-order chi connectivity index (χ0) is 15.4. The normalized spacial score (nSPS) is 11.4. The Morgan fingerprint density at radius 1 is 0.826 bits per heavy atom. The summed E-state index contributed by atoms with van der Waals surface area (Å²) in [6.45, 7) is 0. The van der Waals surface area contributed by atoms with E-state index >= 15 is 0 Å². The third-order valence-corrected chi connectivity index (χ3v) is 4.40. The fourth-order valence-electron chi connectivity index (χ4n) is 3.36. The lowest BCUT2D eigenvalue weighted by Gasteiger charge is -2.09. The largest absolute Gasteiger partial charge is 0.298 e. The van der Waals surface area contributed by atoms with Crippen LogP contribution >= 0.6 is 0 Å². The molecule has 0 saturated carbocycles. The first-order valence-corrected chi connectivity index (χ1v) is 7.47. The Bertz CT molecular complexity index is 1270. The average Bonchev–Trinajstić information content (AvgIpc) is 3.05. The average molecular weight is 293 g/mol. The molecule has 0 amide bonds. The molecule has 2 heterocycles. The van der Waals surface area contributed by atoms with Gasteiger partial charge in [0, 0.05) is 17.0 Å². The van der Waals surface area contributed by atoms with Crippen LogP contribution in [0.3, 0.4) is 0 Å². The van der Waals surface area contributed by atoms with Crippen molar-refractivity contribution < 1.29 is 0 Å². The molecule has 3 nitrogen and oxygen atoms in total. The van der Waals surface area contributed by atoms with E-state index in [4.69, 9.17) is 0 Å². The maximum Gasteiger partial charge on any atom is 0.159 e. The minimum Gasteiger partial charge on any atom is -0.298 e. The van der Waals surface area contributed by atoms with E-state index in [1.54, 1.807) is 0 Å². The van der Waals surface area contributed by atoms with E-state index in [-0.39, 0.29) is 0 Å². The molecule has 0 bridgehead atoms. The molecule has 0 aliphatic rings. The van der Waals surface area contributed by atoms with Crippen LogP contribution in [0.5, 0.6) is 0 Å². The predicted octanol–water partition coefficient (Wildman–Crippen LogP) is 4.67. The standard InChI is InChI=1S/C20H11N3/c21-11-15-12-23-19-10-14-6-2-1-5-13(14)9-18(19)16-7-3-4-8-17(16)20(23)22-15/h1-10,12H. The lowest BCUT2D eigenvalue weighted by Crippen LogP contribution is -1.90. The summed E-state index contributed by atoms with van der Waals surface area (Å²) in [5, 5.41) is 15.0. The number of aromatic nitrogens is 2. The summed E-state index contributed by atoms with van der Waals surface area (Å²) in [6.07, 6.45) is 1.82. The first-order valence-electron chi connectivity index (χ1n) is 7.47. The summed E-state index contributed by atoms with van der Waals surface area (Å²) < 4.78 is 2.03. The number of nitrogens with zero attached hydrogens (tertiary/aromatic N) is 3. The van der Waals surface area contributed by atoms with E-state index in [0.29, 0.717) is 5.69 Å². The number of rotatable bonds is 0. The number of imidazole rings is 1. The van der Waals surface area contributed by atoms with Gasteiger partial charge >= 0.3 is 0 Å². The second-order valence-electron chi connectivity index (χ2n) is 5.69. The number of fused-ring (bicyclic) bond motifs is 7. The van der Waals surface area contributed by atoms with Gasteiger partial charge in [0.15, 0.2) is 5.69 Å². The molecular weight excluding hydrogens is 282 g/mol. The van der Waals surface area contributed by atoms with Crippen LogP contribution in [0.4, 0.5) is 0 Å². The Kier molecular flexibility index (Phi) is 2.29. The zero-order valence-electron chi connectivity index (χ0n) is 12.2. The molecule has 0 spiro atoms. The van der Waals surface area contributed by atoms with Crippen LogP contribution in [0.15, 0.2) is 66.9 Å². The second-order valence-corrected chi connectivity index (χ2v) is 5.69. The molecule has 0 saturated heterocycles. The van der Waals surface area contributed by atoms with Gasteiger partial charge in [-0.3, -0.25) is 4.40 Å². The van der Waals surface area contributed by atoms with Crippen molar-refractivity contribution in [1.29, 1.82) is 5.26 Å². The SMILES string of the molecule is N#Cc1cn2c3cc4ccccc4cc3c3ccccc3c2n1. The molecule has 0 aliphatic carbocycles. The van der Waals surface area contributed by atoms with E-state index in [0.717, 1.165) is 21.9 Å².